The second-order valence-corrected chi connectivity index (χ2v) is 9.71. The third-order valence-corrected chi connectivity index (χ3v) is 6.32. The Kier molecular flexibility index (Phi) is 7.56. The van der Waals surface area contributed by atoms with Gasteiger partial charge in [0.1, 0.15) is 37.9 Å². The SMILES string of the molecule is Cc1n[nH]c(Cl)c1NC(=O)c1cc(F)c(-c2nc(C(C)(C)O)c(C(F)(F)F)s2)cc1O[C@@H](C)C(F)(F)F. The molecule has 0 aliphatic carbocycles. The summed E-state index contributed by atoms with van der Waals surface area (Å²) >= 11 is 5.85. The number of alkyl halides is 6. The van der Waals surface area contributed by atoms with Gasteiger partial charge in [0.05, 0.1) is 17.0 Å². The van der Waals surface area contributed by atoms with Gasteiger partial charge in [0.15, 0.2) is 6.10 Å². The number of aromatic nitrogens is 3. The number of benzene rings is 1. The number of hydrogen-bond donors (Lipinski definition) is 3. The fraction of sp³-hybridized carbons (Fsp3) is 0.381. The molecule has 0 radical (unpaired) electrons. The van der Waals surface area contributed by atoms with Crippen LogP contribution in [-0.4, -0.2) is 38.5 Å². The molecule has 0 saturated heterocycles. The van der Waals surface area contributed by atoms with Crippen LogP contribution in [0.15, 0.2) is 12.1 Å². The Bertz CT molecular complexity index is 1280. The molecule has 3 aromatic rings. The lowest BCUT2D eigenvalue weighted by atomic mass is 10.0. The van der Waals surface area contributed by atoms with Crippen molar-refractivity contribution in [3.05, 3.63) is 44.9 Å². The first-order valence-electron chi connectivity index (χ1n) is 10.2. The number of nitrogens with one attached hydrogen (secondary N) is 2. The van der Waals surface area contributed by atoms with E-state index in [-0.39, 0.29) is 27.9 Å². The van der Waals surface area contributed by atoms with Gasteiger partial charge in [-0.25, -0.2) is 9.37 Å². The van der Waals surface area contributed by atoms with Gasteiger partial charge in [-0.05, 0) is 39.8 Å². The van der Waals surface area contributed by atoms with Crippen molar-refractivity contribution in [2.45, 2.75) is 51.8 Å². The van der Waals surface area contributed by atoms with Gasteiger partial charge in [0.25, 0.3) is 5.91 Å². The lowest BCUT2D eigenvalue weighted by Crippen LogP contribution is -2.32. The van der Waals surface area contributed by atoms with Crippen LogP contribution < -0.4 is 10.1 Å². The lowest BCUT2D eigenvalue weighted by Gasteiger charge is -2.20. The van der Waals surface area contributed by atoms with Gasteiger partial charge in [-0.3, -0.25) is 9.89 Å². The van der Waals surface area contributed by atoms with Crippen LogP contribution in [0, 0.1) is 12.7 Å². The maximum Gasteiger partial charge on any atom is 0.427 e. The first-order chi connectivity index (χ1) is 16.8. The molecule has 0 saturated carbocycles. The first kappa shape index (κ1) is 28.7. The average molecular weight is 575 g/mol. The normalized spacial score (nSPS) is 13.5. The molecule has 202 valence electrons. The summed E-state index contributed by atoms with van der Waals surface area (Å²) in [7, 11) is 0. The van der Waals surface area contributed by atoms with Crippen LogP contribution in [0.3, 0.4) is 0 Å². The molecular formula is C21H18ClF7N4O3S. The Hall–Kier alpha value is -2.91. The molecule has 0 unspecified atom stereocenters. The average Bonchev–Trinajstić information content (AvgIpc) is 3.33. The highest BCUT2D eigenvalue weighted by Crippen LogP contribution is 2.44. The smallest absolute Gasteiger partial charge is 0.427 e. The second kappa shape index (κ2) is 9.76. The van der Waals surface area contributed by atoms with E-state index in [0.29, 0.717) is 19.1 Å². The Labute approximate surface area is 213 Å². The third kappa shape index (κ3) is 6.15. The van der Waals surface area contributed by atoms with Gasteiger partial charge in [-0.15, -0.1) is 11.3 Å². The number of H-pyrrole nitrogens is 1. The van der Waals surface area contributed by atoms with Crippen molar-refractivity contribution in [2.75, 3.05) is 5.32 Å². The van der Waals surface area contributed by atoms with Crippen molar-refractivity contribution in [3.63, 3.8) is 0 Å². The Balaban J connectivity index is 2.17. The summed E-state index contributed by atoms with van der Waals surface area (Å²) in [5, 5.41) is 17.8. The van der Waals surface area contributed by atoms with Gasteiger partial charge in [-0.2, -0.15) is 31.4 Å². The maximum atomic E-state index is 15.1. The zero-order chi connectivity index (χ0) is 28.1. The van der Waals surface area contributed by atoms with Gasteiger partial charge in [0, 0.05) is 5.56 Å². The molecule has 16 heteroatoms. The minimum atomic E-state index is -4.96. The van der Waals surface area contributed by atoms with Crippen LogP contribution >= 0.6 is 22.9 Å². The summed E-state index contributed by atoms with van der Waals surface area (Å²) in [6, 6.07) is 1.15. The Morgan fingerprint density at radius 2 is 1.84 bits per heavy atom. The lowest BCUT2D eigenvalue weighted by molar-refractivity contribution is -0.189. The van der Waals surface area contributed by atoms with E-state index in [2.05, 4.69) is 20.5 Å². The number of anilines is 1. The Morgan fingerprint density at radius 3 is 2.30 bits per heavy atom. The minimum Gasteiger partial charge on any atom is -0.480 e. The summed E-state index contributed by atoms with van der Waals surface area (Å²) in [5.41, 5.74) is -4.09. The Morgan fingerprint density at radius 1 is 1.22 bits per heavy atom. The number of aromatic amines is 1. The molecule has 37 heavy (non-hydrogen) atoms. The number of halogens is 8. The largest absolute Gasteiger partial charge is 0.480 e. The van der Waals surface area contributed by atoms with Crippen LogP contribution in [0.25, 0.3) is 10.6 Å². The number of hydrogen-bond acceptors (Lipinski definition) is 6. The second-order valence-electron chi connectivity index (χ2n) is 8.34. The minimum absolute atomic E-state index is 0.0286. The molecule has 3 N–H and O–H groups in total. The van der Waals surface area contributed by atoms with E-state index in [1.54, 1.807) is 0 Å². The summed E-state index contributed by atoms with van der Waals surface area (Å²) in [6.07, 6.45) is -12.3. The number of nitrogens with zero attached hydrogens (tertiary/aromatic N) is 2. The number of rotatable bonds is 6. The van der Waals surface area contributed by atoms with E-state index in [9.17, 15) is 36.2 Å². The highest BCUT2D eigenvalue weighted by atomic mass is 35.5. The summed E-state index contributed by atoms with van der Waals surface area (Å²) < 4.78 is 100. The predicted octanol–water partition coefficient (Wildman–Crippen LogP) is 6.46. The molecule has 7 nitrogen and oxygen atoms in total. The van der Waals surface area contributed by atoms with Crippen LogP contribution in [0.1, 0.15) is 47.4 Å². The quantitative estimate of drug-likeness (QED) is 0.293. The van der Waals surface area contributed by atoms with Crippen molar-refractivity contribution >= 4 is 34.5 Å². The topological polar surface area (TPSA) is 100 Å². The zero-order valence-corrected chi connectivity index (χ0v) is 20.9. The maximum absolute atomic E-state index is 15.1. The molecular weight excluding hydrogens is 557 g/mol. The highest BCUT2D eigenvalue weighted by Gasteiger charge is 2.42. The monoisotopic (exact) mass is 574 g/mol. The van der Waals surface area contributed by atoms with Crippen LogP contribution in [0.5, 0.6) is 5.75 Å². The molecule has 2 aromatic heterocycles. The van der Waals surface area contributed by atoms with Crippen LogP contribution in [0.4, 0.5) is 36.4 Å². The van der Waals surface area contributed by atoms with Crippen LogP contribution in [0.2, 0.25) is 5.15 Å². The molecule has 1 atom stereocenters. The number of carbonyl (C=O) groups is 1. The fourth-order valence-corrected chi connectivity index (χ4v) is 4.35. The van der Waals surface area contributed by atoms with Crippen molar-refractivity contribution in [1.29, 1.82) is 0 Å². The highest BCUT2D eigenvalue weighted by molar-refractivity contribution is 7.15. The molecule has 1 aromatic carbocycles. The van der Waals surface area contributed by atoms with Gasteiger partial charge in [0.2, 0.25) is 0 Å². The predicted molar refractivity (Wildman–Crippen MR) is 120 cm³/mol. The van der Waals surface area contributed by atoms with E-state index >= 15 is 4.39 Å². The van der Waals surface area contributed by atoms with E-state index in [1.165, 1.54) is 6.92 Å². The number of amides is 1. The van der Waals surface area contributed by atoms with Gasteiger partial charge >= 0.3 is 12.4 Å². The molecule has 0 fully saturated rings. The molecule has 3 rings (SSSR count). The third-order valence-electron chi connectivity index (χ3n) is 4.91. The number of carbonyl (C=O) groups excluding carboxylic acids is 1. The van der Waals surface area contributed by atoms with Crippen molar-refractivity contribution in [1.82, 2.24) is 15.2 Å². The van der Waals surface area contributed by atoms with E-state index in [4.69, 9.17) is 16.3 Å². The molecule has 2 heterocycles. The van der Waals surface area contributed by atoms with Gasteiger partial charge < -0.3 is 15.2 Å². The summed E-state index contributed by atoms with van der Waals surface area (Å²) in [4.78, 5) is 15.2. The molecule has 0 spiro atoms. The summed E-state index contributed by atoms with van der Waals surface area (Å²) in [6.45, 7) is 4.14. The standard InChI is InChI=1S/C21H18ClF7N4O3S/c1-7-13(16(22)33-32-7)30-17(34)10-5-11(23)9(6-12(10)36-8(2)20(24,25)26)18-31-14(19(3,4)35)15(37-18)21(27,28)29/h5-6,8,35H,1-4H3,(H,30,34)(H,32,33)/t8-/m0/s1. The summed E-state index contributed by atoms with van der Waals surface area (Å²) in [5.74, 6) is -3.20. The molecule has 0 bridgehead atoms. The zero-order valence-electron chi connectivity index (χ0n) is 19.3. The van der Waals surface area contributed by atoms with E-state index in [0.717, 1.165) is 13.8 Å². The number of thiazole rings is 1. The molecule has 0 aliphatic rings. The number of ether oxygens (including phenoxy) is 1. The number of aliphatic hydroxyl groups is 1. The number of aryl methyl sites for hydroxylation is 1. The van der Waals surface area contributed by atoms with E-state index in [1.807, 2.05) is 0 Å². The van der Waals surface area contributed by atoms with E-state index < -0.39 is 68.2 Å². The van der Waals surface area contributed by atoms with Crippen molar-refractivity contribution in [2.24, 2.45) is 0 Å². The van der Waals surface area contributed by atoms with Crippen molar-refractivity contribution < 1.29 is 45.4 Å². The van der Waals surface area contributed by atoms with Crippen molar-refractivity contribution in [3.8, 4) is 16.3 Å². The van der Waals surface area contributed by atoms with Crippen LogP contribution in [-0.2, 0) is 11.8 Å². The molecule has 0 aliphatic heterocycles. The first-order valence-corrected chi connectivity index (χ1v) is 11.4. The molecule has 1 amide bonds. The fourth-order valence-electron chi connectivity index (χ4n) is 3.02. The van der Waals surface area contributed by atoms with Gasteiger partial charge in [-0.1, -0.05) is 11.6 Å².